The third-order valence-electron chi connectivity index (χ3n) is 4.77. The highest BCUT2D eigenvalue weighted by Crippen LogP contribution is 2.26. The standard InChI is InChI=1S/C21H27F2N5/c1-3-24-21(25-11-9-16-8-7-15(2)26-13-16)27-17-10-12-28(14-17)20-18(22)5-4-6-19(20)23/h4-8,13,17H,3,9-12,14H2,1-2H3,(H2,24,25,27). The molecule has 7 heteroatoms. The van der Waals surface area contributed by atoms with Crippen molar-refractivity contribution in [3.05, 3.63) is 59.4 Å². The van der Waals surface area contributed by atoms with E-state index in [1.165, 1.54) is 18.2 Å². The number of hydrogen-bond acceptors (Lipinski definition) is 3. The molecular formula is C21H27F2N5. The Balaban J connectivity index is 1.57. The van der Waals surface area contributed by atoms with Gasteiger partial charge in [-0.1, -0.05) is 12.1 Å². The molecule has 0 aliphatic carbocycles. The van der Waals surface area contributed by atoms with Gasteiger partial charge in [-0.2, -0.15) is 0 Å². The maximum Gasteiger partial charge on any atom is 0.191 e. The molecule has 1 aliphatic heterocycles. The zero-order chi connectivity index (χ0) is 19.9. The largest absolute Gasteiger partial charge is 0.365 e. The normalized spacial score (nSPS) is 17.1. The Morgan fingerprint density at radius 1 is 1.25 bits per heavy atom. The molecule has 3 rings (SSSR count). The van der Waals surface area contributed by atoms with Gasteiger partial charge in [0.05, 0.1) is 0 Å². The number of pyridine rings is 1. The van der Waals surface area contributed by atoms with Gasteiger partial charge >= 0.3 is 0 Å². The van der Waals surface area contributed by atoms with Crippen molar-refractivity contribution in [2.75, 3.05) is 31.1 Å². The summed E-state index contributed by atoms with van der Waals surface area (Å²) < 4.78 is 28.0. The average Bonchev–Trinajstić information content (AvgIpc) is 3.11. The van der Waals surface area contributed by atoms with E-state index in [0.29, 0.717) is 19.6 Å². The van der Waals surface area contributed by atoms with E-state index in [-0.39, 0.29) is 11.7 Å². The highest BCUT2D eigenvalue weighted by atomic mass is 19.1. The molecule has 1 saturated heterocycles. The summed E-state index contributed by atoms with van der Waals surface area (Å²) in [5, 5.41) is 6.63. The summed E-state index contributed by atoms with van der Waals surface area (Å²) in [6.45, 7) is 6.49. The molecule has 0 spiro atoms. The second kappa shape index (κ2) is 9.48. The van der Waals surface area contributed by atoms with E-state index in [2.05, 4.69) is 26.7 Å². The van der Waals surface area contributed by atoms with Crippen LogP contribution in [0.5, 0.6) is 0 Å². The van der Waals surface area contributed by atoms with Crippen LogP contribution in [0.15, 0.2) is 41.5 Å². The maximum absolute atomic E-state index is 14.0. The van der Waals surface area contributed by atoms with Crippen molar-refractivity contribution < 1.29 is 8.78 Å². The van der Waals surface area contributed by atoms with Gasteiger partial charge in [0.15, 0.2) is 5.96 Å². The topological polar surface area (TPSA) is 52.6 Å². The third kappa shape index (κ3) is 5.18. The number of guanidine groups is 1. The van der Waals surface area contributed by atoms with Crippen molar-refractivity contribution in [2.45, 2.75) is 32.7 Å². The van der Waals surface area contributed by atoms with Crippen LogP contribution in [0.3, 0.4) is 0 Å². The first-order chi connectivity index (χ1) is 13.6. The molecule has 150 valence electrons. The van der Waals surface area contributed by atoms with E-state index in [0.717, 1.165) is 36.6 Å². The van der Waals surface area contributed by atoms with Crippen LogP contribution in [0, 0.1) is 18.6 Å². The van der Waals surface area contributed by atoms with Crippen LogP contribution in [0.25, 0.3) is 0 Å². The highest BCUT2D eigenvalue weighted by Gasteiger charge is 2.27. The first kappa shape index (κ1) is 20.0. The predicted molar refractivity (Wildman–Crippen MR) is 109 cm³/mol. The number of para-hydroxylation sites is 1. The number of aromatic nitrogens is 1. The number of rotatable bonds is 6. The number of anilines is 1. The fraction of sp³-hybridized carbons (Fsp3) is 0.429. The molecule has 0 saturated carbocycles. The van der Waals surface area contributed by atoms with Crippen molar-refractivity contribution in [3.8, 4) is 0 Å². The zero-order valence-corrected chi connectivity index (χ0v) is 16.4. The van der Waals surface area contributed by atoms with Crippen LogP contribution >= 0.6 is 0 Å². The Morgan fingerprint density at radius 3 is 2.71 bits per heavy atom. The van der Waals surface area contributed by atoms with E-state index in [9.17, 15) is 8.78 Å². The number of nitrogens with zero attached hydrogens (tertiary/aromatic N) is 3. The molecule has 28 heavy (non-hydrogen) atoms. The molecule has 0 radical (unpaired) electrons. The first-order valence-electron chi connectivity index (χ1n) is 9.72. The second-order valence-corrected chi connectivity index (χ2v) is 6.96. The van der Waals surface area contributed by atoms with Crippen LogP contribution < -0.4 is 15.5 Å². The Bertz CT molecular complexity index is 787. The molecule has 1 fully saturated rings. The minimum absolute atomic E-state index is 0.0561. The monoisotopic (exact) mass is 387 g/mol. The lowest BCUT2D eigenvalue weighted by Gasteiger charge is -2.21. The maximum atomic E-state index is 14.0. The van der Waals surface area contributed by atoms with Crippen LogP contribution in [0.4, 0.5) is 14.5 Å². The van der Waals surface area contributed by atoms with Crippen molar-refractivity contribution >= 4 is 11.6 Å². The second-order valence-electron chi connectivity index (χ2n) is 6.96. The van der Waals surface area contributed by atoms with E-state index in [1.54, 1.807) is 4.90 Å². The van der Waals surface area contributed by atoms with E-state index in [4.69, 9.17) is 0 Å². The lowest BCUT2D eigenvalue weighted by Crippen LogP contribution is -2.44. The van der Waals surface area contributed by atoms with E-state index in [1.807, 2.05) is 26.1 Å². The van der Waals surface area contributed by atoms with Gasteiger partial charge in [-0.05, 0) is 50.5 Å². The Hall–Kier alpha value is -2.70. The van der Waals surface area contributed by atoms with Crippen LogP contribution in [0.2, 0.25) is 0 Å². The summed E-state index contributed by atoms with van der Waals surface area (Å²) in [6.07, 6.45) is 3.48. The molecule has 2 aromatic rings. The van der Waals surface area contributed by atoms with Gasteiger partial charge in [0.25, 0.3) is 0 Å². The fourth-order valence-electron chi connectivity index (χ4n) is 3.33. The van der Waals surface area contributed by atoms with Crippen LogP contribution in [-0.2, 0) is 6.42 Å². The quantitative estimate of drug-likeness (QED) is 0.591. The Labute approximate surface area is 164 Å². The number of benzene rings is 1. The van der Waals surface area contributed by atoms with Crippen molar-refractivity contribution in [2.24, 2.45) is 4.99 Å². The van der Waals surface area contributed by atoms with Crippen molar-refractivity contribution in [1.29, 1.82) is 0 Å². The van der Waals surface area contributed by atoms with Gasteiger partial charge in [0.1, 0.15) is 17.3 Å². The number of aliphatic imine (C=N–C) groups is 1. The molecule has 1 aliphatic rings. The molecule has 0 amide bonds. The summed E-state index contributed by atoms with van der Waals surface area (Å²) >= 11 is 0. The SMILES string of the molecule is CCNC(=NCCc1ccc(C)nc1)NC1CCN(c2c(F)cccc2F)C1. The molecule has 0 bridgehead atoms. The smallest absolute Gasteiger partial charge is 0.191 e. The summed E-state index contributed by atoms with van der Waals surface area (Å²) in [5.41, 5.74) is 2.20. The third-order valence-corrected chi connectivity index (χ3v) is 4.77. The summed E-state index contributed by atoms with van der Waals surface area (Å²) in [5.74, 6) is -0.315. The molecule has 1 unspecified atom stereocenters. The van der Waals surface area contributed by atoms with Crippen LogP contribution in [0.1, 0.15) is 24.6 Å². The van der Waals surface area contributed by atoms with Gasteiger partial charge in [-0.25, -0.2) is 8.78 Å². The van der Waals surface area contributed by atoms with Gasteiger partial charge in [0, 0.05) is 44.1 Å². The lowest BCUT2D eigenvalue weighted by molar-refractivity contribution is 0.576. The van der Waals surface area contributed by atoms with Gasteiger partial charge < -0.3 is 15.5 Å². The Kier molecular flexibility index (Phi) is 6.79. The molecule has 2 heterocycles. The van der Waals surface area contributed by atoms with Crippen molar-refractivity contribution in [3.63, 3.8) is 0 Å². The van der Waals surface area contributed by atoms with E-state index >= 15 is 0 Å². The number of aryl methyl sites for hydroxylation is 1. The molecule has 1 atom stereocenters. The van der Waals surface area contributed by atoms with Gasteiger partial charge in [-0.3, -0.25) is 9.98 Å². The first-order valence-corrected chi connectivity index (χ1v) is 9.72. The minimum atomic E-state index is -0.520. The molecular weight excluding hydrogens is 360 g/mol. The van der Waals surface area contributed by atoms with Crippen LogP contribution in [-0.4, -0.2) is 43.2 Å². The molecule has 1 aromatic carbocycles. The molecule has 2 N–H and O–H groups in total. The van der Waals surface area contributed by atoms with Gasteiger partial charge in [0.2, 0.25) is 0 Å². The number of hydrogen-bond donors (Lipinski definition) is 2. The zero-order valence-electron chi connectivity index (χ0n) is 16.4. The average molecular weight is 387 g/mol. The predicted octanol–water partition coefficient (Wildman–Crippen LogP) is 3.04. The van der Waals surface area contributed by atoms with Gasteiger partial charge in [-0.15, -0.1) is 0 Å². The summed E-state index contributed by atoms with van der Waals surface area (Å²) in [7, 11) is 0. The fourth-order valence-corrected chi connectivity index (χ4v) is 3.33. The lowest BCUT2D eigenvalue weighted by atomic mass is 10.2. The molecule has 5 nitrogen and oxygen atoms in total. The summed E-state index contributed by atoms with van der Waals surface area (Å²) in [6, 6.07) is 8.13. The van der Waals surface area contributed by atoms with E-state index < -0.39 is 11.6 Å². The number of nitrogens with one attached hydrogen (secondary N) is 2. The Morgan fingerprint density at radius 2 is 2.04 bits per heavy atom. The number of halogens is 2. The molecule has 1 aromatic heterocycles. The minimum Gasteiger partial charge on any atom is -0.365 e. The highest BCUT2D eigenvalue weighted by molar-refractivity contribution is 5.80. The summed E-state index contributed by atoms with van der Waals surface area (Å²) in [4.78, 5) is 10.7. The van der Waals surface area contributed by atoms with Crippen molar-refractivity contribution in [1.82, 2.24) is 15.6 Å².